The fourth-order valence-electron chi connectivity index (χ4n) is 6.62. The quantitative estimate of drug-likeness (QED) is 0.0632. The maximum atomic E-state index is 12.9. The molecule has 0 saturated heterocycles. The summed E-state index contributed by atoms with van der Waals surface area (Å²) < 4.78 is 43.5. The first kappa shape index (κ1) is 47.0. The van der Waals surface area contributed by atoms with Crippen molar-refractivity contribution >= 4 is 72.3 Å². The number of esters is 2. The van der Waals surface area contributed by atoms with Crippen LogP contribution in [0.5, 0.6) is 0 Å². The Morgan fingerprint density at radius 1 is 0.672 bits per heavy atom. The molecule has 320 valence electrons. The number of ether oxygens (including phenoxy) is 3. The van der Waals surface area contributed by atoms with Gasteiger partial charge in [-0.05, 0) is 77.9 Å². The lowest BCUT2D eigenvalue weighted by atomic mass is 10.0. The van der Waals surface area contributed by atoms with Crippen LogP contribution in [0, 0.1) is 31.6 Å². The fourth-order valence-corrected chi connectivity index (χ4v) is 7.70. The molecule has 1 amide bonds. The molecular formula is C48H54N4O8S. The molecule has 5 aromatic carbocycles. The third kappa shape index (κ3) is 12.7. The molecule has 0 aliphatic carbocycles. The van der Waals surface area contributed by atoms with Gasteiger partial charge >= 0.3 is 18.0 Å². The van der Waals surface area contributed by atoms with Crippen molar-refractivity contribution in [3.63, 3.8) is 0 Å². The average Bonchev–Trinajstić information content (AvgIpc) is 3.22. The third-order valence-corrected chi connectivity index (χ3v) is 11.0. The number of terminal acetylenes is 2. The molecule has 0 spiro atoms. The Morgan fingerprint density at radius 3 is 1.52 bits per heavy atom. The molecule has 2 N–H and O–H groups in total. The van der Waals surface area contributed by atoms with Gasteiger partial charge in [-0.15, -0.1) is 12.8 Å². The first-order chi connectivity index (χ1) is 28.9. The summed E-state index contributed by atoms with van der Waals surface area (Å²) in [5, 5.41) is 6.13. The van der Waals surface area contributed by atoms with Crippen molar-refractivity contribution in [2.75, 3.05) is 47.1 Å². The standard InChI is InChI=1S/C25H26N2O4S.C23H28N2O4/c1-5-16-27(19(3)17-25(28)31-4)24-15-14-23(21-8-6-7-9-22(21)24)26-32(29,30)20-12-10-18(2)11-13-20;1-7-14-25(16(2)15-21(26)28-6)20-13-12-19(17-10-8-9-11-18(17)20)24-22(27)29-23(3,4)5/h1,6-15,19,26H,16-17H2,2-4H3;1,8-13,16H,14-15H2,2-6H3,(H,24,27)/t19-;16-/m00/s1. The molecule has 5 rings (SSSR count). The highest BCUT2D eigenvalue weighted by Gasteiger charge is 2.24. The van der Waals surface area contributed by atoms with Crippen LogP contribution in [0.1, 0.15) is 53.0 Å². The van der Waals surface area contributed by atoms with Crippen molar-refractivity contribution in [1.82, 2.24) is 0 Å². The van der Waals surface area contributed by atoms with Gasteiger partial charge in [-0.25, -0.2) is 13.2 Å². The number of carbonyl (C=O) groups is 3. The number of sulfonamides is 1. The molecule has 0 aromatic heterocycles. The van der Waals surface area contributed by atoms with Gasteiger partial charge in [0.15, 0.2) is 0 Å². The highest BCUT2D eigenvalue weighted by molar-refractivity contribution is 7.92. The molecule has 0 saturated carbocycles. The van der Waals surface area contributed by atoms with E-state index >= 15 is 0 Å². The first-order valence-corrected chi connectivity index (χ1v) is 21.1. The van der Waals surface area contributed by atoms with Crippen LogP contribution in [-0.2, 0) is 33.8 Å². The number of rotatable bonds is 14. The highest BCUT2D eigenvalue weighted by atomic mass is 32.2. The van der Waals surface area contributed by atoms with Gasteiger partial charge in [0, 0.05) is 45.0 Å². The maximum absolute atomic E-state index is 12.9. The van der Waals surface area contributed by atoms with E-state index in [2.05, 4.69) is 21.9 Å². The number of anilines is 4. The lowest BCUT2D eigenvalue weighted by Gasteiger charge is -2.30. The van der Waals surface area contributed by atoms with E-state index in [4.69, 9.17) is 27.1 Å². The molecule has 0 aliphatic rings. The molecule has 0 radical (unpaired) electrons. The van der Waals surface area contributed by atoms with Gasteiger partial charge in [0.05, 0.1) is 56.4 Å². The number of hydrogen-bond acceptors (Lipinski definition) is 10. The van der Waals surface area contributed by atoms with Crippen LogP contribution in [0.3, 0.4) is 0 Å². The Labute approximate surface area is 359 Å². The number of aryl methyl sites for hydroxylation is 1. The van der Waals surface area contributed by atoms with E-state index in [0.29, 0.717) is 17.9 Å². The van der Waals surface area contributed by atoms with Gasteiger partial charge < -0.3 is 24.0 Å². The summed E-state index contributed by atoms with van der Waals surface area (Å²) in [6, 6.07) is 28.7. The van der Waals surface area contributed by atoms with E-state index in [9.17, 15) is 22.8 Å². The summed E-state index contributed by atoms with van der Waals surface area (Å²) in [6.45, 7) is 11.8. The van der Waals surface area contributed by atoms with E-state index in [1.165, 1.54) is 14.2 Å². The van der Waals surface area contributed by atoms with E-state index in [1.807, 2.05) is 118 Å². The Balaban J connectivity index is 0.000000270. The van der Waals surface area contributed by atoms with Crippen LogP contribution in [0.25, 0.3) is 21.5 Å². The van der Waals surface area contributed by atoms with Gasteiger partial charge in [0.25, 0.3) is 10.0 Å². The van der Waals surface area contributed by atoms with E-state index in [-0.39, 0.29) is 48.3 Å². The van der Waals surface area contributed by atoms with Gasteiger partial charge in [-0.3, -0.25) is 19.6 Å². The Hall–Kier alpha value is -6.70. The monoisotopic (exact) mass is 846 g/mol. The number of nitrogens with one attached hydrogen (secondary N) is 2. The van der Waals surface area contributed by atoms with Crippen molar-refractivity contribution in [3.05, 3.63) is 103 Å². The van der Waals surface area contributed by atoms with Crippen LogP contribution in [0.15, 0.2) is 102 Å². The average molecular weight is 847 g/mol. The predicted octanol–water partition coefficient (Wildman–Crippen LogP) is 8.92. The summed E-state index contributed by atoms with van der Waals surface area (Å²) in [6.07, 6.45) is 11.1. The minimum Gasteiger partial charge on any atom is -0.469 e. The topological polar surface area (TPSA) is 144 Å². The Morgan fingerprint density at radius 2 is 1.10 bits per heavy atom. The number of carbonyl (C=O) groups excluding carboxylic acids is 3. The lowest BCUT2D eigenvalue weighted by Crippen LogP contribution is -2.35. The second kappa shape index (κ2) is 21.0. The largest absolute Gasteiger partial charge is 0.469 e. The molecule has 0 fully saturated rings. The molecule has 5 aromatic rings. The second-order valence-corrected chi connectivity index (χ2v) is 17.0. The van der Waals surface area contributed by atoms with E-state index < -0.39 is 21.7 Å². The summed E-state index contributed by atoms with van der Waals surface area (Å²) in [5.41, 5.74) is 3.18. The van der Waals surface area contributed by atoms with E-state index in [0.717, 1.165) is 38.5 Å². The molecule has 13 heteroatoms. The first-order valence-electron chi connectivity index (χ1n) is 19.6. The molecule has 61 heavy (non-hydrogen) atoms. The maximum Gasteiger partial charge on any atom is 0.412 e. The van der Waals surface area contributed by atoms with Crippen molar-refractivity contribution < 1.29 is 37.0 Å². The predicted molar refractivity (Wildman–Crippen MR) is 244 cm³/mol. The van der Waals surface area contributed by atoms with Crippen molar-refractivity contribution in [2.24, 2.45) is 0 Å². The zero-order valence-corrected chi connectivity index (χ0v) is 36.8. The number of nitrogens with zero attached hydrogens (tertiary/aromatic N) is 2. The zero-order valence-electron chi connectivity index (χ0n) is 35.9. The van der Waals surface area contributed by atoms with Crippen LogP contribution < -0.4 is 19.8 Å². The van der Waals surface area contributed by atoms with Crippen LogP contribution in [0.2, 0.25) is 0 Å². The van der Waals surface area contributed by atoms with Gasteiger partial charge in [-0.2, -0.15) is 0 Å². The van der Waals surface area contributed by atoms with Crippen molar-refractivity contribution in [1.29, 1.82) is 0 Å². The van der Waals surface area contributed by atoms with Gasteiger partial charge in [-0.1, -0.05) is 78.1 Å². The van der Waals surface area contributed by atoms with Crippen molar-refractivity contribution in [2.45, 2.75) is 77.0 Å². The molecule has 0 heterocycles. The third-order valence-electron chi connectivity index (χ3n) is 9.60. The second-order valence-electron chi connectivity index (χ2n) is 15.3. The number of methoxy groups -OCH3 is 2. The fraction of sp³-hybridized carbons (Fsp3) is 0.312. The molecule has 2 atom stereocenters. The van der Waals surface area contributed by atoms with E-state index in [1.54, 1.807) is 30.3 Å². The number of benzene rings is 5. The Bertz CT molecular complexity index is 2540. The number of hydrogen-bond donors (Lipinski definition) is 2. The van der Waals surface area contributed by atoms with Crippen LogP contribution in [-0.4, -0.2) is 71.4 Å². The molecule has 0 unspecified atom stereocenters. The summed E-state index contributed by atoms with van der Waals surface area (Å²) >= 11 is 0. The SMILES string of the molecule is C#CCN(c1ccc(NC(=O)OC(C)(C)C)c2ccccc12)[C@@H](C)CC(=O)OC.C#CCN(c1ccc(NS(=O)(=O)c2ccc(C)cc2)c2ccccc12)[C@@H](C)CC(=O)OC. The van der Waals surface area contributed by atoms with Gasteiger partial charge in [0.2, 0.25) is 0 Å². The Kier molecular flexibility index (Phi) is 16.2. The van der Waals surface area contributed by atoms with Crippen molar-refractivity contribution in [3.8, 4) is 24.7 Å². The minimum atomic E-state index is -3.76. The summed E-state index contributed by atoms with van der Waals surface area (Å²) in [7, 11) is -1.04. The zero-order chi connectivity index (χ0) is 44.9. The smallest absolute Gasteiger partial charge is 0.412 e. The highest BCUT2D eigenvalue weighted by Crippen LogP contribution is 2.36. The summed E-state index contributed by atoms with van der Waals surface area (Å²) in [4.78, 5) is 39.9. The van der Waals surface area contributed by atoms with Gasteiger partial charge in [0.1, 0.15) is 5.60 Å². The molecule has 0 bridgehead atoms. The van der Waals surface area contributed by atoms with Crippen LogP contribution >= 0.6 is 0 Å². The minimum absolute atomic E-state index is 0.161. The van der Waals surface area contributed by atoms with Crippen LogP contribution in [0.4, 0.5) is 27.5 Å². The lowest BCUT2D eigenvalue weighted by molar-refractivity contribution is -0.141. The number of fused-ring (bicyclic) bond motifs is 2. The number of amides is 1. The molecule has 0 aliphatic heterocycles. The molecule has 12 nitrogen and oxygen atoms in total. The molecular weight excluding hydrogens is 793 g/mol. The normalized spacial score (nSPS) is 12.0. The summed E-state index contributed by atoms with van der Waals surface area (Å²) in [5.74, 6) is 4.68.